The van der Waals surface area contributed by atoms with Gasteiger partial charge in [0.1, 0.15) is 5.75 Å². The molecule has 0 aliphatic heterocycles. The Morgan fingerprint density at radius 3 is 2.41 bits per heavy atom. The molecule has 1 heterocycles. The molecule has 4 aromatic rings. The third-order valence-corrected chi connectivity index (χ3v) is 4.80. The van der Waals surface area contributed by atoms with Crippen molar-refractivity contribution in [3.8, 4) is 11.4 Å². The lowest BCUT2D eigenvalue weighted by atomic mass is 10.1. The normalized spacial score (nSPS) is 10.8. The van der Waals surface area contributed by atoms with Crippen LogP contribution >= 0.6 is 11.6 Å². The fraction of sp³-hybridized carbons (Fsp3) is 0. The van der Waals surface area contributed by atoms with Crippen LogP contribution in [0.15, 0.2) is 102 Å². The molecule has 0 saturated carbocycles. The van der Waals surface area contributed by atoms with Crippen LogP contribution in [-0.4, -0.2) is 22.7 Å². The molecule has 1 amide bonds. The number of esters is 1. The van der Waals surface area contributed by atoms with Crippen molar-refractivity contribution in [3.63, 3.8) is 0 Å². The molecule has 0 saturated heterocycles. The Labute approximate surface area is 189 Å². The van der Waals surface area contributed by atoms with E-state index in [2.05, 4.69) is 10.5 Å². The smallest absolute Gasteiger partial charge is 0.343 e. The fourth-order valence-corrected chi connectivity index (χ4v) is 3.21. The summed E-state index contributed by atoms with van der Waals surface area (Å²) >= 11 is 5.90. The fourth-order valence-electron chi connectivity index (χ4n) is 3.01. The number of carbonyl (C=O) groups excluding carboxylic acids is 2. The van der Waals surface area contributed by atoms with Gasteiger partial charge in [0.15, 0.2) is 0 Å². The van der Waals surface area contributed by atoms with Gasteiger partial charge in [-0.05, 0) is 72.3 Å². The van der Waals surface area contributed by atoms with Crippen LogP contribution in [0.4, 0.5) is 0 Å². The molecule has 0 fully saturated rings. The van der Waals surface area contributed by atoms with Crippen molar-refractivity contribution in [1.82, 2.24) is 9.99 Å². The van der Waals surface area contributed by atoms with Gasteiger partial charge in [0.05, 0.1) is 23.0 Å². The van der Waals surface area contributed by atoms with E-state index in [9.17, 15) is 9.59 Å². The summed E-state index contributed by atoms with van der Waals surface area (Å²) in [5.41, 5.74) is 4.90. The van der Waals surface area contributed by atoms with Crippen molar-refractivity contribution in [1.29, 1.82) is 0 Å². The van der Waals surface area contributed by atoms with Crippen LogP contribution in [-0.2, 0) is 0 Å². The van der Waals surface area contributed by atoms with Gasteiger partial charge in [-0.2, -0.15) is 5.10 Å². The van der Waals surface area contributed by atoms with Crippen LogP contribution in [0, 0.1) is 0 Å². The summed E-state index contributed by atoms with van der Waals surface area (Å²) < 4.78 is 7.21. The van der Waals surface area contributed by atoms with Gasteiger partial charge in [0.2, 0.25) is 0 Å². The number of rotatable bonds is 6. The maximum Gasteiger partial charge on any atom is 0.343 e. The predicted octanol–water partition coefficient (Wildman–Crippen LogP) is 5.11. The predicted molar refractivity (Wildman–Crippen MR) is 124 cm³/mol. The molecule has 7 heteroatoms. The molecule has 6 nitrogen and oxygen atoms in total. The number of amides is 1. The summed E-state index contributed by atoms with van der Waals surface area (Å²) in [6.45, 7) is 0. The summed E-state index contributed by atoms with van der Waals surface area (Å²) in [6.07, 6.45) is 5.25. The number of halogens is 1. The average Bonchev–Trinajstić information content (AvgIpc) is 3.35. The minimum atomic E-state index is -0.498. The summed E-state index contributed by atoms with van der Waals surface area (Å²) in [7, 11) is 0. The number of nitrogens with one attached hydrogen (secondary N) is 1. The van der Waals surface area contributed by atoms with Gasteiger partial charge in [-0.15, -0.1) is 0 Å². The molecule has 0 aliphatic rings. The zero-order chi connectivity index (χ0) is 22.3. The summed E-state index contributed by atoms with van der Waals surface area (Å²) in [6, 6.07) is 24.3. The maximum atomic E-state index is 12.6. The second-order valence-corrected chi connectivity index (χ2v) is 7.21. The molecule has 0 aliphatic carbocycles. The third-order valence-electron chi connectivity index (χ3n) is 4.56. The number of carbonyl (C=O) groups is 2. The first kappa shape index (κ1) is 21.1. The second kappa shape index (κ2) is 9.76. The lowest BCUT2D eigenvalue weighted by Gasteiger charge is -2.09. The van der Waals surface area contributed by atoms with Crippen molar-refractivity contribution >= 4 is 29.7 Å². The molecule has 0 spiro atoms. The molecule has 3 aromatic carbocycles. The number of hydrogen-bond donors (Lipinski definition) is 1. The number of hydrazone groups is 1. The van der Waals surface area contributed by atoms with E-state index in [1.807, 2.05) is 41.2 Å². The van der Waals surface area contributed by atoms with Crippen molar-refractivity contribution in [2.24, 2.45) is 5.10 Å². The third kappa shape index (κ3) is 5.11. The summed E-state index contributed by atoms with van der Waals surface area (Å²) in [5.74, 6) is -0.433. The molecular formula is C25H18ClN3O3. The Morgan fingerprint density at radius 1 is 0.906 bits per heavy atom. The van der Waals surface area contributed by atoms with E-state index in [1.54, 1.807) is 60.7 Å². The van der Waals surface area contributed by atoms with E-state index in [-0.39, 0.29) is 5.91 Å². The zero-order valence-corrected chi connectivity index (χ0v) is 17.6. The van der Waals surface area contributed by atoms with Crippen LogP contribution < -0.4 is 10.2 Å². The van der Waals surface area contributed by atoms with Gasteiger partial charge in [-0.3, -0.25) is 4.79 Å². The molecule has 0 unspecified atom stereocenters. The number of aromatic nitrogens is 1. The first-order valence-corrected chi connectivity index (χ1v) is 10.1. The number of nitrogens with zero attached hydrogens (tertiary/aromatic N) is 2. The second-order valence-electron chi connectivity index (χ2n) is 6.78. The minimum absolute atomic E-state index is 0.322. The van der Waals surface area contributed by atoms with Crippen molar-refractivity contribution < 1.29 is 14.3 Å². The molecule has 32 heavy (non-hydrogen) atoms. The van der Waals surface area contributed by atoms with Crippen LogP contribution in [0.5, 0.6) is 5.75 Å². The van der Waals surface area contributed by atoms with E-state index in [1.165, 1.54) is 6.21 Å². The van der Waals surface area contributed by atoms with E-state index in [4.69, 9.17) is 16.3 Å². The largest absolute Gasteiger partial charge is 0.423 e. The van der Waals surface area contributed by atoms with Gasteiger partial charge >= 0.3 is 5.97 Å². The average molecular weight is 444 g/mol. The maximum absolute atomic E-state index is 12.6. The molecule has 0 bridgehead atoms. The van der Waals surface area contributed by atoms with E-state index < -0.39 is 5.97 Å². The highest BCUT2D eigenvalue weighted by Gasteiger charge is 2.11. The van der Waals surface area contributed by atoms with E-state index >= 15 is 0 Å². The Morgan fingerprint density at radius 2 is 1.66 bits per heavy atom. The van der Waals surface area contributed by atoms with Gasteiger partial charge in [0, 0.05) is 17.4 Å². The molecule has 1 N–H and O–H groups in total. The Kier molecular flexibility index (Phi) is 6.43. The first-order valence-electron chi connectivity index (χ1n) is 9.74. The SMILES string of the molecule is O=C(Oc1ccc(/C=N\NC(=O)c2ccccc2-n2cccc2)cc1)c1cccc(Cl)c1. The highest BCUT2D eigenvalue weighted by Crippen LogP contribution is 2.17. The molecule has 0 radical (unpaired) electrons. The van der Waals surface area contributed by atoms with Crippen LogP contribution in [0.2, 0.25) is 5.02 Å². The molecule has 1 aromatic heterocycles. The number of ether oxygens (including phenoxy) is 1. The van der Waals surface area contributed by atoms with Crippen LogP contribution in [0.3, 0.4) is 0 Å². The first-order chi connectivity index (χ1) is 15.6. The molecular weight excluding hydrogens is 426 g/mol. The highest BCUT2D eigenvalue weighted by molar-refractivity contribution is 6.30. The van der Waals surface area contributed by atoms with Crippen LogP contribution in [0.25, 0.3) is 5.69 Å². The number of hydrogen-bond acceptors (Lipinski definition) is 4. The lowest BCUT2D eigenvalue weighted by molar-refractivity contribution is 0.0734. The molecule has 0 atom stereocenters. The number of benzene rings is 3. The topological polar surface area (TPSA) is 72.7 Å². The Bertz CT molecular complexity index is 1270. The quantitative estimate of drug-likeness (QED) is 0.195. The van der Waals surface area contributed by atoms with Crippen molar-refractivity contribution in [2.45, 2.75) is 0 Å². The molecule has 4 rings (SSSR count). The minimum Gasteiger partial charge on any atom is -0.423 e. The highest BCUT2D eigenvalue weighted by atomic mass is 35.5. The van der Waals surface area contributed by atoms with Gasteiger partial charge in [0.25, 0.3) is 5.91 Å². The van der Waals surface area contributed by atoms with Gasteiger partial charge in [-0.25, -0.2) is 10.2 Å². The summed E-state index contributed by atoms with van der Waals surface area (Å²) in [5, 5.41) is 4.49. The van der Waals surface area contributed by atoms with Gasteiger partial charge in [-0.1, -0.05) is 29.8 Å². The monoisotopic (exact) mass is 443 g/mol. The standard InChI is InChI=1S/C25H18ClN3O3/c26-20-7-5-6-19(16-20)25(31)32-21-12-10-18(11-13-21)17-27-28-24(30)22-8-1-2-9-23(22)29-14-3-4-15-29/h1-17H,(H,28,30)/b27-17-. The summed E-state index contributed by atoms with van der Waals surface area (Å²) in [4.78, 5) is 24.8. The zero-order valence-electron chi connectivity index (χ0n) is 16.8. The van der Waals surface area contributed by atoms with Gasteiger partial charge < -0.3 is 9.30 Å². The van der Waals surface area contributed by atoms with Crippen molar-refractivity contribution in [2.75, 3.05) is 0 Å². The molecule has 158 valence electrons. The Hall–Kier alpha value is -4.16. The van der Waals surface area contributed by atoms with E-state index in [0.29, 0.717) is 21.9 Å². The van der Waals surface area contributed by atoms with Crippen LogP contribution in [0.1, 0.15) is 26.3 Å². The Balaban J connectivity index is 1.38. The van der Waals surface area contributed by atoms with E-state index in [0.717, 1.165) is 11.3 Å². The number of para-hydroxylation sites is 1. The van der Waals surface area contributed by atoms with Crippen molar-refractivity contribution in [3.05, 3.63) is 119 Å². The lowest BCUT2D eigenvalue weighted by Crippen LogP contribution is -2.19.